The van der Waals surface area contributed by atoms with E-state index in [1.807, 2.05) is 4.90 Å². The maximum atomic E-state index is 10.6. The van der Waals surface area contributed by atoms with E-state index in [-0.39, 0.29) is 6.54 Å². The molecule has 0 amide bonds. The molecule has 0 atom stereocenters. The van der Waals surface area contributed by atoms with Gasteiger partial charge < -0.3 is 9.63 Å². The second kappa shape index (κ2) is 5.79. The molecule has 2 heterocycles. The van der Waals surface area contributed by atoms with Crippen LogP contribution in [0.1, 0.15) is 12.0 Å². The van der Waals surface area contributed by atoms with Gasteiger partial charge in [-0.15, -0.1) is 0 Å². The van der Waals surface area contributed by atoms with Crippen LogP contribution in [0.5, 0.6) is 0 Å². The van der Waals surface area contributed by atoms with Gasteiger partial charge in [0.2, 0.25) is 0 Å². The zero-order valence-corrected chi connectivity index (χ0v) is 9.71. The Morgan fingerprint density at radius 1 is 1.35 bits per heavy atom. The van der Waals surface area contributed by atoms with Crippen molar-refractivity contribution in [2.45, 2.75) is 13.0 Å². The molecule has 0 radical (unpaired) electrons. The van der Waals surface area contributed by atoms with E-state index in [0.29, 0.717) is 0 Å². The number of aliphatic carboxylic acids is 1. The van der Waals surface area contributed by atoms with Crippen LogP contribution in [0.25, 0.3) is 0 Å². The van der Waals surface area contributed by atoms with Gasteiger partial charge in [-0.1, -0.05) is 5.16 Å². The molecule has 0 aromatic carbocycles. The number of aromatic nitrogens is 1. The smallest absolute Gasteiger partial charge is 0.317 e. The van der Waals surface area contributed by atoms with Crippen LogP contribution in [0.4, 0.5) is 0 Å². The van der Waals surface area contributed by atoms with Crippen molar-refractivity contribution in [1.82, 2.24) is 15.0 Å². The van der Waals surface area contributed by atoms with Crippen LogP contribution in [0.3, 0.4) is 0 Å². The first-order chi connectivity index (χ1) is 8.24. The number of carboxylic acids is 1. The van der Waals surface area contributed by atoms with Gasteiger partial charge in [-0.05, 0) is 13.0 Å². The van der Waals surface area contributed by atoms with Gasteiger partial charge >= 0.3 is 5.97 Å². The molecule has 1 aromatic heterocycles. The van der Waals surface area contributed by atoms with Crippen LogP contribution in [0.15, 0.2) is 17.0 Å². The number of hydrogen-bond acceptors (Lipinski definition) is 5. The van der Waals surface area contributed by atoms with E-state index in [1.165, 1.54) is 0 Å². The van der Waals surface area contributed by atoms with Gasteiger partial charge in [-0.25, -0.2) is 0 Å². The van der Waals surface area contributed by atoms with Crippen molar-refractivity contribution in [2.75, 3.05) is 32.7 Å². The first-order valence-electron chi connectivity index (χ1n) is 5.79. The fourth-order valence-electron chi connectivity index (χ4n) is 2.09. The predicted molar refractivity (Wildman–Crippen MR) is 60.5 cm³/mol. The molecule has 17 heavy (non-hydrogen) atoms. The summed E-state index contributed by atoms with van der Waals surface area (Å²) >= 11 is 0. The fraction of sp³-hybridized carbons (Fsp3) is 0.636. The minimum Gasteiger partial charge on any atom is -0.480 e. The monoisotopic (exact) mass is 239 g/mol. The molecule has 1 aromatic rings. The van der Waals surface area contributed by atoms with Gasteiger partial charge in [0.1, 0.15) is 6.26 Å². The van der Waals surface area contributed by atoms with E-state index in [0.717, 1.165) is 44.7 Å². The first-order valence-corrected chi connectivity index (χ1v) is 5.79. The lowest BCUT2D eigenvalue weighted by Crippen LogP contribution is -2.33. The molecule has 0 unspecified atom stereocenters. The summed E-state index contributed by atoms with van der Waals surface area (Å²) in [5, 5.41) is 12.4. The SMILES string of the molecule is O=C(O)CN1CCCN(Cc2cnoc2)CC1. The third kappa shape index (κ3) is 3.83. The average Bonchev–Trinajstić information content (AvgIpc) is 2.68. The largest absolute Gasteiger partial charge is 0.480 e. The van der Waals surface area contributed by atoms with E-state index in [2.05, 4.69) is 10.1 Å². The number of nitrogens with zero attached hydrogens (tertiary/aromatic N) is 3. The topological polar surface area (TPSA) is 69.8 Å². The van der Waals surface area contributed by atoms with E-state index >= 15 is 0 Å². The third-order valence-electron chi connectivity index (χ3n) is 2.93. The van der Waals surface area contributed by atoms with Crippen molar-refractivity contribution in [2.24, 2.45) is 0 Å². The van der Waals surface area contributed by atoms with Crippen LogP contribution in [-0.2, 0) is 11.3 Å². The average molecular weight is 239 g/mol. The van der Waals surface area contributed by atoms with Crippen molar-refractivity contribution in [3.63, 3.8) is 0 Å². The highest BCUT2D eigenvalue weighted by Crippen LogP contribution is 2.08. The molecule has 1 aliphatic rings. The quantitative estimate of drug-likeness (QED) is 0.813. The fourth-order valence-corrected chi connectivity index (χ4v) is 2.09. The summed E-state index contributed by atoms with van der Waals surface area (Å²) in [5.74, 6) is -0.752. The molecule has 0 spiro atoms. The number of carboxylic acid groups (broad SMARTS) is 1. The minimum atomic E-state index is -0.752. The van der Waals surface area contributed by atoms with Gasteiger partial charge in [0.05, 0.1) is 12.7 Å². The maximum Gasteiger partial charge on any atom is 0.317 e. The molecule has 6 heteroatoms. The molecule has 0 saturated carbocycles. The van der Waals surface area contributed by atoms with Gasteiger partial charge in [0, 0.05) is 31.7 Å². The van der Waals surface area contributed by atoms with Crippen LogP contribution < -0.4 is 0 Å². The molecule has 94 valence electrons. The minimum absolute atomic E-state index is 0.140. The lowest BCUT2D eigenvalue weighted by Gasteiger charge is -2.19. The van der Waals surface area contributed by atoms with Crippen molar-refractivity contribution >= 4 is 5.97 Å². The second-order valence-corrected chi connectivity index (χ2v) is 4.33. The summed E-state index contributed by atoms with van der Waals surface area (Å²) in [5.41, 5.74) is 1.07. The molecular formula is C11H17N3O3. The summed E-state index contributed by atoms with van der Waals surface area (Å²) in [6, 6.07) is 0. The Bertz CT molecular complexity index is 353. The summed E-state index contributed by atoms with van der Waals surface area (Å²) < 4.78 is 4.80. The summed E-state index contributed by atoms with van der Waals surface area (Å²) in [6.45, 7) is 4.50. The normalized spacial score (nSPS) is 19.1. The van der Waals surface area contributed by atoms with E-state index in [9.17, 15) is 4.79 Å². The van der Waals surface area contributed by atoms with Crippen molar-refractivity contribution in [3.8, 4) is 0 Å². The van der Waals surface area contributed by atoms with Gasteiger partial charge in [-0.3, -0.25) is 14.6 Å². The highest BCUT2D eigenvalue weighted by Gasteiger charge is 2.16. The molecule has 1 fully saturated rings. The molecule has 1 aliphatic heterocycles. The first kappa shape index (κ1) is 12.1. The zero-order valence-electron chi connectivity index (χ0n) is 9.71. The number of carbonyl (C=O) groups is 1. The van der Waals surface area contributed by atoms with Crippen molar-refractivity contribution in [1.29, 1.82) is 0 Å². The standard InChI is InChI=1S/C11H17N3O3/c15-11(16)8-14-3-1-2-13(4-5-14)7-10-6-12-17-9-10/h6,9H,1-5,7-8H2,(H,15,16). The van der Waals surface area contributed by atoms with Gasteiger partial charge in [-0.2, -0.15) is 0 Å². The summed E-state index contributed by atoms with van der Waals surface area (Å²) in [7, 11) is 0. The number of hydrogen-bond donors (Lipinski definition) is 1. The maximum absolute atomic E-state index is 10.6. The van der Waals surface area contributed by atoms with Gasteiger partial charge in [0.15, 0.2) is 0 Å². The molecule has 0 aliphatic carbocycles. The Morgan fingerprint density at radius 2 is 2.12 bits per heavy atom. The molecule has 6 nitrogen and oxygen atoms in total. The predicted octanol–water partition coefficient (Wildman–Crippen LogP) is 0.267. The third-order valence-corrected chi connectivity index (χ3v) is 2.93. The van der Waals surface area contributed by atoms with Crippen LogP contribution in [0.2, 0.25) is 0 Å². The second-order valence-electron chi connectivity index (χ2n) is 4.33. The van der Waals surface area contributed by atoms with E-state index < -0.39 is 5.97 Å². The highest BCUT2D eigenvalue weighted by molar-refractivity contribution is 5.69. The lowest BCUT2D eigenvalue weighted by molar-refractivity contribution is -0.138. The van der Waals surface area contributed by atoms with Crippen molar-refractivity contribution in [3.05, 3.63) is 18.0 Å². The molecule has 1 saturated heterocycles. The Balaban J connectivity index is 1.81. The van der Waals surface area contributed by atoms with Crippen LogP contribution in [0, 0.1) is 0 Å². The Morgan fingerprint density at radius 3 is 2.82 bits per heavy atom. The molecular weight excluding hydrogens is 222 g/mol. The Labute approximate surface area is 99.8 Å². The zero-order chi connectivity index (χ0) is 12.1. The van der Waals surface area contributed by atoms with Crippen LogP contribution in [-0.4, -0.2) is 58.8 Å². The van der Waals surface area contributed by atoms with Crippen molar-refractivity contribution < 1.29 is 14.4 Å². The Hall–Kier alpha value is -1.40. The summed E-state index contributed by atoms with van der Waals surface area (Å²) in [4.78, 5) is 14.9. The molecule has 2 rings (SSSR count). The van der Waals surface area contributed by atoms with Crippen LogP contribution >= 0.6 is 0 Å². The summed E-state index contributed by atoms with van der Waals surface area (Å²) in [6.07, 6.45) is 4.37. The molecule has 0 bridgehead atoms. The molecule has 1 N–H and O–H groups in total. The number of rotatable bonds is 4. The van der Waals surface area contributed by atoms with E-state index in [1.54, 1.807) is 12.5 Å². The van der Waals surface area contributed by atoms with E-state index in [4.69, 9.17) is 9.63 Å². The highest BCUT2D eigenvalue weighted by atomic mass is 16.5. The Kier molecular flexibility index (Phi) is 4.11. The van der Waals surface area contributed by atoms with Gasteiger partial charge in [0.25, 0.3) is 0 Å². The lowest BCUT2D eigenvalue weighted by atomic mass is 10.3.